The van der Waals surface area contributed by atoms with E-state index in [1.54, 1.807) is 6.92 Å². The zero-order chi connectivity index (χ0) is 10.3. The Kier molecular flexibility index (Phi) is 2.30. The van der Waals surface area contributed by atoms with Crippen molar-refractivity contribution in [2.45, 2.75) is 26.2 Å². The van der Waals surface area contributed by atoms with E-state index in [-0.39, 0.29) is 28.5 Å². The summed E-state index contributed by atoms with van der Waals surface area (Å²) in [6, 6.07) is 0. The van der Waals surface area contributed by atoms with Crippen LogP contribution in [0.5, 0.6) is 0 Å². The molecule has 2 rings (SSSR count). The summed E-state index contributed by atoms with van der Waals surface area (Å²) >= 11 is 5.43. The molecule has 1 unspecified atom stereocenters. The van der Waals surface area contributed by atoms with Gasteiger partial charge in [0.05, 0.1) is 12.0 Å². The minimum absolute atomic E-state index is 0.102. The summed E-state index contributed by atoms with van der Waals surface area (Å²) in [7, 11) is 0. The minimum Gasteiger partial charge on any atom is -0.466 e. The lowest BCUT2D eigenvalue weighted by molar-refractivity contribution is -0.196. The molecule has 3 nitrogen and oxygen atoms in total. The first-order valence-corrected chi connectivity index (χ1v) is 5.36. The van der Waals surface area contributed by atoms with Crippen LogP contribution in [0, 0.1) is 17.3 Å². The molecule has 4 heteroatoms. The molecule has 0 aromatic carbocycles. The summed E-state index contributed by atoms with van der Waals surface area (Å²) in [4.78, 5) is 22.6. The Bertz CT molecular complexity index is 289. The molecule has 2 saturated carbocycles. The zero-order valence-corrected chi connectivity index (χ0v) is 8.84. The second-order valence-corrected chi connectivity index (χ2v) is 4.51. The minimum atomic E-state index is -0.342. The van der Waals surface area contributed by atoms with Gasteiger partial charge < -0.3 is 4.74 Å². The van der Waals surface area contributed by atoms with Crippen molar-refractivity contribution in [3.63, 3.8) is 0 Å². The van der Waals surface area contributed by atoms with Crippen LogP contribution in [0.2, 0.25) is 0 Å². The van der Waals surface area contributed by atoms with Crippen molar-refractivity contribution in [2.75, 3.05) is 6.61 Å². The fraction of sp³-hybridized carbons (Fsp3) is 0.800. The molecule has 3 atom stereocenters. The second kappa shape index (κ2) is 3.23. The van der Waals surface area contributed by atoms with Gasteiger partial charge in [-0.25, -0.2) is 0 Å². The number of esters is 1. The Hall–Kier alpha value is -0.570. The van der Waals surface area contributed by atoms with Gasteiger partial charge in [0, 0.05) is 5.92 Å². The normalized spacial score (nSPS) is 39.0. The highest BCUT2D eigenvalue weighted by molar-refractivity contribution is 6.64. The fourth-order valence-corrected chi connectivity index (χ4v) is 2.95. The molecule has 0 aromatic rings. The van der Waals surface area contributed by atoms with E-state index < -0.39 is 0 Å². The van der Waals surface area contributed by atoms with Crippen molar-refractivity contribution in [2.24, 2.45) is 17.3 Å². The number of carbonyl (C=O) groups excluding carboxylic acids is 2. The van der Waals surface area contributed by atoms with Gasteiger partial charge in [0.2, 0.25) is 5.24 Å². The third kappa shape index (κ3) is 1.11. The Morgan fingerprint density at radius 3 is 2.64 bits per heavy atom. The molecule has 0 radical (unpaired) electrons. The van der Waals surface area contributed by atoms with Crippen LogP contribution in [0.1, 0.15) is 26.2 Å². The first-order valence-electron chi connectivity index (χ1n) is 4.98. The topological polar surface area (TPSA) is 43.4 Å². The third-order valence-electron chi connectivity index (χ3n) is 3.65. The number of halogens is 1. The Balaban J connectivity index is 2.02. The maximum atomic E-state index is 11.6. The molecule has 78 valence electrons. The van der Waals surface area contributed by atoms with Gasteiger partial charge in [-0.1, -0.05) is 0 Å². The highest BCUT2D eigenvalue weighted by Gasteiger charge is 2.66. The van der Waals surface area contributed by atoms with Gasteiger partial charge >= 0.3 is 5.97 Å². The molecule has 0 amide bonds. The lowest BCUT2D eigenvalue weighted by Gasteiger charge is -2.59. The number of hydrogen-bond donors (Lipinski definition) is 0. The van der Waals surface area contributed by atoms with Crippen LogP contribution >= 0.6 is 11.6 Å². The van der Waals surface area contributed by atoms with Crippen molar-refractivity contribution in [3.05, 3.63) is 0 Å². The van der Waals surface area contributed by atoms with Crippen LogP contribution in [-0.4, -0.2) is 17.8 Å². The van der Waals surface area contributed by atoms with Crippen molar-refractivity contribution in [1.29, 1.82) is 0 Å². The molecule has 14 heavy (non-hydrogen) atoms. The van der Waals surface area contributed by atoms with E-state index >= 15 is 0 Å². The second-order valence-electron chi connectivity index (χ2n) is 4.14. The predicted molar refractivity (Wildman–Crippen MR) is 50.8 cm³/mol. The quantitative estimate of drug-likeness (QED) is 0.533. The highest BCUT2D eigenvalue weighted by Crippen LogP contribution is 2.65. The molecule has 0 saturated heterocycles. The van der Waals surface area contributed by atoms with Crippen LogP contribution in [0.3, 0.4) is 0 Å². The van der Waals surface area contributed by atoms with Gasteiger partial charge in [0.25, 0.3) is 0 Å². The first kappa shape index (κ1) is 9.97. The van der Waals surface area contributed by atoms with Gasteiger partial charge in [-0.2, -0.15) is 0 Å². The summed E-state index contributed by atoms with van der Waals surface area (Å²) < 4.78 is 5.01. The van der Waals surface area contributed by atoms with Crippen molar-refractivity contribution in [3.8, 4) is 0 Å². The van der Waals surface area contributed by atoms with E-state index in [2.05, 4.69) is 0 Å². The number of rotatable bonds is 3. The molecular formula is C10H13ClO3. The van der Waals surface area contributed by atoms with Crippen molar-refractivity contribution >= 4 is 22.8 Å². The van der Waals surface area contributed by atoms with E-state index in [9.17, 15) is 9.59 Å². The predicted octanol–water partition coefficient (Wildman–Crippen LogP) is 1.73. The molecule has 0 N–H and O–H groups in total. The van der Waals surface area contributed by atoms with Crippen LogP contribution < -0.4 is 0 Å². The van der Waals surface area contributed by atoms with Gasteiger partial charge in [0.15, 0.2) is 0 Å². The molecular weight excluding hydrogens is 204 g/mol. The van der Waals surface area contributed by atoms with Gasteiger partial charge in [-0.15, -0.1) is 0 Å². The molecule has 0 heterocycles. The summed E-state index contributed by atoms with van der Waals surface area (Å²) in [6.45, 7) is 2.21. The van der Waals surface area contributed by atoms with Crippen molar-refractivity contribution < 1.29 is 14.3 Å². The molecule has 0 aromatic heterocycles. The van der Waals surface area contributed by atoms with Gasteiger partial charge in [-0.05, 0) is 43.7 Å². The average Bonchev–Trinajstić information content (AvgIpc) is 2.09. The summed E-state index contributed by atoms with van der Waals surface area (Å²) in [5.41, 5.74) is -0.342. The van der Waals surface area contributed by atoms with Crippen LogP contribution in [-0.2, 0) is 14.3 Å². The Morgan fingerprint density at radius 2 is 2.29 bits per heavy atom. The van der Waals surface area contributed by atoms with Crippen LogP contribution in [0.15, 0.2) is 0 Å². The molecule has 2 fully saturated rings. The Labute approximate surface area is 87.8 Å². The van der Waals surface area contributed by atoms with Gasteiger partial charge in [-0.3, -0.25) is 9.59 Å². The van der Waals surface area contributed by atoms with E-state index in [0.717, 1.165) is 12.8 Å². The number of fused-ring (bicyclic) bond motifs is 1. The molecule has 2 aliphatic rings. The van der Waals surface area contributed by atoms with E-state index in [4.69, 9.17) is 16.3 Å². The van der Waals surface area contributed by atoms with E-state index in [1.807, 2.05) is 0 Å². The van der Waals surface area contributed by atoms with Gasteiger partial charge in [0.1, 0.15) is 0 Å². The largest absolute Gasteiger partial charge is 0.466 e. The summed E-state index contributed by atoms with van der Waals surface area (Å²) in [5.74, 6) is -0.0770. The van der Waals surface area contributed by atoms with E-state index in [0.29, 0.717) is 13.0 Å². The smallest absolute Gasteiger partial charge is 0.312 e. The number of ether oxygens (including phenoxy) is 1. The molecule has 0 aliphatic heterocycles. The maximum Gasteiger partial charge on any atom is 0.312 e. The fourth-order valence-electron chi connectivity index (χ4n) is 2.72. The molecule has 0 spiro atoms. The first-order chi connectivity index (χ1) is 6.62. The highest BCUT2D eigenvalue weighted by atomic mass is 35.5. The van der Waals surface area contributed by atoms with E-state index in [1.165, 1.54) is 0 Å². The molecule has 2 aliphatic carbocycles. The zero-order valence-electron chi connectivity index (χ0n) is 8.09. The number of hydrogen-bond acceptors (Lipinski definition) is 3. The SMILES string of the molecule is CCOC(=O)[C@]12CCC1[C@H](C(=O)Cl)C2. The number of carbonyl (C=O) groups is 2. The standard InChI is InChI=1S/C10H13ClO3/c1-2-14-9(13)10-4-3-7(10)6(5-10)8(11)12/h6-7H,2-5H2,1H3/t6-,7?,10+/m1/s1. The average molecular weight is 217 g/mol. The summed E-state index contributed by atoms with van der Waals surface area (Å²) in [5, 5.41) is -0.297. The monoisotopic (exact) mass is 216 g/mol. The lowest BCUT2D eigenvalue weighted by atomic mass is 9.43. The Morgan fingerprint density at radius 1 is 1.57 bits per heavy atom. The lowest BCUT2D eigenvalue weighted by Crippen LogP contribution is -2.61. The maximum absolute atomic E-state index is 11.6. The van der Waals surface area contributed by atoms with Crippen LogP contribution in [0.4, 0.5) is 0 Å². The molecule has 0 bridgehead atoms. The summed E-state index contributed by atoms with van der Waals surface area (Å²) in [6.07, 6.45) is 2.39. The van der Waals surface area contributed by atoms with Crippen LogP contribution in [0.25, 0.3) is 0 Å². The third-order valence-corrected chi connectivity index (χ3v) is 3.93. The van der Waals surface area contributed by atoms with Crippen molar-refractivity contribution in [1.82, 2.24) is 0 Å².